The molecular formula is C17H16N2O4. The van der Waals surface area contributed by atoms with E-state index in [4.69, 9.17) is 4.74 Å². The highest BCUT2D eigenvalue weighted by Crippen LogP contribution is 2.16. The molecule has 0 atom stereocenters. The van der Waals surface area contributed by atoms with Gasteiger partial charge in [-0.2, -0.15) is 0 Å². The Balaban J connectivity index is 2.08. The Hall–Kier alpha value is -3.15. The molecule has 0 aliphatic heterocycles. The molecule has 0 radical (unpaired) electrons. The van der Waals surface area contributed by atoms with Crippen molar-refractivity contribution in [3.63, 3.8) is 0 Å². The minimum atomic E-state index is -0.870. The molecule has 2 aromatic rings. The molecule has 23 heavy (non-hydrogen) atoms. The molecule has 0 heterocycles. The van der Waals surface area contributed by atoms with Gasteiger partial charge in [-0.05, 0) is 31.2 Å². The Bertz CT molecular complexity index is 714. The molecule has 0 saturated carbocycles. The summed E-state index contributed by atoms with van der Waals surface area (Å²) in [5.41, 5.74) is 0.917. The van der Waals surface area contributed by atoms with E-state index in [2.05, 4.69) is 10.6 Å². The third-order valence-corrected chi connectivity index (χ3v) is 2.91. The highest BCUT2D eigenvalue weighted by atomic mass is 16.5. The molecule has 0 unspecified atom stereocenters. The van der Waals surface area contributed by atoms with Gasteiger partial charge in [-0.3, -0.25) is 9.59 Å². The van der Waals surface area contributed by atoms with Gasteiger partial charge < -0.3 is 15.4 Å². The number of hydrogen-bond acceptors (Lipinski definition) is 4. The van der Waals surface area contributed by atoms with Gasteiger partial charge in [0, 0.05) is 5.69 Å². The van der Waals surface area contributed by atoms with Crippen LogP contribution in [0.1, 0.15) is 17.3 Å². The number of anilines is 2. The molecule has 0 aromatic heterocycles. The van der Waals surface area contributed by atoms with Crippen LogP contribution >= 0.6 is 0 Å². The molecule has 6 nitrogen and oxygen atoms in total. The Morgan fingerprint density at radius 3 is 2.17 bits per heavy atom. The average molecular weight is 312 g/mol. The molecule has 2 rings (SSSR count). The van der Waals surface area contributed by atoms with Crippen LogP contribution < -0.4 is 10.6 Å². The molecule has 0 aliphatic carbocycles. The summed E-state index contributed by atoms with van der Waals surface area (Å²) in [4.78, 5) is 35.7. The van der Waals surface area contributed by atoms with E-state index in [1.807, 2.05) is 0 Å². The van der Waals surface area contributed by atoms with E-state index in [1.165, 1.54) is 12.1 Å². The Morgan fingerprint density at radius 1 is 0.870 bits per heavy atom. The second kappa shape index (κ2) is 7.74. The van der Waals surface area contributed by atoms with Crippen LogP contribution in [0.25, 0.3) is 0 Å². The van der Waals surface area contributed by atoms with Crippen LogP contribution in [0.4, 0.5) is 11.4 Å². The number of nitrogens with one attached hydrogen (secondary N) is 2. The molecule has 0 spiro atoms. The topological polar surface area (TPSA) is 84.5 Å². The van der Waals surface area contributed by atoms with Crippen molar-refractivity contribution in [1.82, 2.24) is 0 Å². The predicted octanol–water partition coefficient (Wildman–Crippen LogP) is 2.44. The monoisotopic (exact) mass is 312 g/mol. The number of amides is 2. The van der Waals surface area contributed by atoms with E-state index in [0.29, 0.717) is 5.69 Å². The van der Waals surface area contributed by atoms with Crippen LogP contribution in [0.3, 0.4) is 0 Å². The molecule has 6 heteroatoms. The van der Waals surface area contributed by atoms with E-state index in [0.717, 1.165) is 0 Å². The van der Waals surface area contributed by atoms with Crippen molar-refractivity contribution in [2.24, 2.45) is 0 Å². The van der Waals surface area contributed by atoms with Crippen LogP contribution in [0.15, 0.2) is 54.6 Å². The standard InChI is InChI=1S/C17H16N2O4/c1-2-23-17(22)13-10-6-7-11-14(13)19-16(21)15(20)18-12-8-4-3-5-9-12/h3-11H,2H2,1H3,(H,18,20)(H,19,21). The molecule has 0 aliphatic rings. The van der Waals surface area contributed by atoms with Crippen molar-refractivity contribution in [1.29, 1.82) is 0 Å². The third-order valence-electron chi connectivity index (χ3n) is 2.91. The summed E-state index contributed by atoms with van der Waals surface area (Å²) in [6.07, 6.45) is 0. The first-order valence-electron chi connectivity index (χ1n) is 7.05. The number of hydrogen-bond donors (Lipinski definition) is 2. The highest BCUT2D eigenvalue weighted by Gasteiger charge is 2.18. The number of ether oxygens (including phenoxy) is 1. The van der Waals surface area contributed by atoms with Gasteiger partial charge in [0.05, 0.1) is 17.9 Å². The summed E-state index contributed by atoms with van der Waals surface area (Å²) in [5.74, 6) is -2.26. The van der Waals surface area contributed by atoms with E-state index in [9.17, 15) is 14.4 Å². The largest absolute Gasteiger partial charge is 0.462 e. The van der Waals surface area contributed by atoms with Gasteiger partial charge in [0.15, 0.2) is 0 Å². The summed E-state index contributed by atoms with van der Waals surface area (Å²) in [6, 6.07) is 14.9. The number of para-hydroxylation sites is 2. The second-order valence-electron chi connectivity index (χ2n) is 4.54. The lowest BCUT2D eigenvalue weighted by molar-refractivity contribution is -0.133. The molecule has 118 valence electrons. The average Bonchev–Trinajstić information content (AvgIpc) is 2.56. The SMILES string of the molecule is CCOC(=O)c1ccccc1NC(=O)C(=O)Nc1ccccc1. The number of benzene rings is 2. The van der Waals surface area contributed by atoms with E-state index in [1.54, 1.807) is 49.4 Å². The molecule has 0 fully saturated rings. The van der Waals surface area contributed by atoms with Gasteiger partial charge >= 0.3 is 17.8 Å². The molecule has 0 saturated heterocycles. The van der Waals surface area contributed by atoms with E-state index >= 15 is 0 Å². The van der Waals surface area contributed by atoms with Gasteiger partial charge in [-0.25, -0.2) is 4.79 Å². The van der Waals surface area contributed by atoms with Crippen molar-refractivity contribution in [3.05, 3.63) is 60.2 Å². The smallest absolute Gasteiger partial charge is 0.340 e. The minimum Gasteiger partial charge on any atom is -0.462 e. The van der Waals surface area contributed by atoms with Crippen molar-refractivity contribution in [3.8, 4) is 0 Å². The number of carbonyl (C=O) groups excluding carboxylic acids is 3. The summed E-state index contributed by atoms with van der Waals surface area (Å²) >= 11 is 0. The predicted molar refractivity (Wildman–Crippen MR) is 86.1 cm³/mol. The lowest BCUT2D eigenvalue weighted by atomic mass is 10.2. The van der Waals surface area contributed by atoms with Crippen LogP contribution in [0.2, 0.25) is 0 Å². The fourth-order valence-corrected chi connectivity index (χ4v) is 1.87. The van der Waals surface area contributed by atoms with Crippen molar-refractivity contribution in [2.75, 3.05) is 17.2 Å². The van der Waals surface area contributed by atoms with Gasteiger partial charge in [0.25, 0.3) is 0 Å². The normalized spacial score (nSPS) is 9.78. The zero-order valence-corrected chi connectivity index (χ0v) is 12.5. The first-order valence-corrected chi connectivity index (χ1v) is 7.05. The van der Waals surface area contributed by atoms with Crippen LogP contribution in [-0.4, -0.2) is 24.4 Å². The van der Waals surface area contributed by atoms with Crippen LogP contribution in [0.5, 0.6) is 0 Å². The van der Waals surface area contributed by atoms with E-state index < -0.39 is 17.8 Å². The lowest BCUT2D eigenvalue weighted by Crippen LogP contribution is -2.29. The first-order chi connectivity index (χ1) is 11.1. The van der Waals surface area contributed by atoms with E-state index in [-0.39, 0.29) is 17.9 Å². The van der Waals surface area contributed by atoms with Crippen molar-refractivity contribution in [2.45, 2.75) is 6.92 Å². The summed E-state index contributed by atoms with van der Waals surface area (Å²) < 4.78 is 4.92. The number of esters is 1. The fourth-order valence-electron chi connectivity index (χ4n) is 1.87. The summed E-state index contributed by atoms with van der Waals surface area (Å²) in [7, 11) is 0. The van der Waals surface area contributed by atoms with Gasteiger partial charge in [-0.1, -0.05) is 30.3 Å². The Labute approximate surface area is 133 Å². The summed E-state index contributed by atoms with van der Waals surface area (Å²) in [6.45, 7) is 1.90. The van der Waals surface area contributed by atoms with Gasteiger partial charge in [-0.15, -0.1) is 0 Å². The molecule has 2 N–H and O–H groups in total. The Kier molecular flexibility index (Phi) is 5.46. The van der Waals surface area contributed by atoms with Gasteiger partial charge in [0.2, 0.25) is 0 Å². The molecular weight excluding hydrogens is 296 g/mol. The highest BCUT2D eigenvalue weighted by molar-refractivity contribution is 6.43. The molecule has 2 aromatic carbocycles. The zero-order chi connectivity index (χ0) is 16.7. The molecule has 2 amide bonds. The fraction of sp³-hybridized carbons (Fsp3) is 0.118. The quantitative estimate of drug-likeness (QED) is 0.671. The van der Waals surface area contributed by atoms with Crippen molar-refractivity contribution >= 4 is 29.2 Å². The summed E-state index contributed by atoms with van der Waals surface area (Å²) in [5, 5.41) is 4.89. The first kappa shape index (κ1) is 16.2. The molecule has 0 bridgehead atoms. The number of rotatable bonds is 4. The number of carbonyl (C=O) groups is 3. The zero-order valence-electron chi connectivity index (χ0n) is 12.5. The maximum absolute atomic E-state index is 12.0. The van der Waals surface area contributed by atoms with Crippen LogP contribution in [-0.2, 0) is 14.3 Å². The lowest BCUT2D eigenvalue weighted by Gasteiger charge is -2.10. The Morgan fingerprint density at radius 2 is 1.48 bits per heavy atom. The minimum absolute atomic E-state index is 0.190. The maximum Gasteiger partial charge on any atom is 0.340 e. The van der Waals surface area contributed by atoms with Crippen LogP contribution in [0, 0.1) is 0 Å². The maximum atomic E-state index is 12.0. The third kappa shape index (κ3) is 4.41. The second-order valence-corrected chi connectivity index (χ2v) is 4.54. The van der Waals surface area contributed by atoms with Crippen molar-refractivity contribution < 1.29 is 19.1 Å². The van der Waals surface area contributed by atoms with Gasteiger partial charge in [0.1, 0.15) is 0 Å².